The first-order valence-electron chi connectivity index (χ1n) is 13.5. The van der Waals surface area contributed by atoms with Crippen molar-refractivity contribution in [1.82, 2.24) is 16.1 Å². The average molecular weight is 765 g/mol. The van der Waals surface area contributed by atoms with Crippen LogP contribution in [0.15, 0.2) is 79.9 Å². The summed E-state index contributed by atoms with van der Waals surface area (Å²) in [5.41, 5.74) is 5.21. The second kappa shape index (κ2) is 15.8. The molecule has 4 rings (SSSR count). The molecule has 1 aliphatic rings. The summed E-state index contributed by atoms with van der Waals surface area (Å²) in [6.07, 6.45) is 1.44. The monoisotopic (exact) mass is 762 g/mol. The molecule has 236 valence electrons. The molecule has 0 bridgehead atoms. The highest BCUT2D eigenvalue weighted by molar-refractivity contribution is 9.10. The van der Waals surface area contributed by atoms with Gasteiger partial charge in [-0.25, -0.2) is 15.0 Å². The Bertz CT molecular complexity index is 1620. The van der Waals surface area contributed by atoms with E-state index in [4.69, 9.17) is 30.5 Å². The van der Waals surface area contributed by atoms with Gasteiger partial charge in [0.15, 0.2) is 23.9 Å². The lowest BCUT2D eigenvalue weighted by Gasteiger charge is -2.28. The van der Waals surface area contributed by atoms with Crippen LogP contribution >= 0.6 is 43.5 Å². The van der Waals surface area contributed by atoms with Crippen molar-refractivity contribution in [1.29, 1.82) is 0 Å². The van der Waals surface area contributed by atoms with Gasteiger partial charge in [-0.05, 0) is 82.9 Å². The lowest BCUT2D eigenvalue weighted by Crippen LogP contribution is -2.45. The van der Waals surface area contributed by atoms with Crippen LogP contribution in [0, 0.1) is 0 Å². The Labute approximate surface area is 281 Å². The normalized spacial score (nSPS) is 14.4. The fourth-order valence-corrected chi connectivity index (χ4v) is 5.54. The molecule has 3 aromatic carbocycles. The maximum Gasteiger partial charge on any atom is 0.338 e. The first kappa shape index (κ1) is 33.8. The van der Waals surface area contributed by atoms with Gasteiger partial charge in [-0.15, -0.1) is 0 Å². The van der Waals surface area contributed by atoms with Crippen LogP contribution in [0.25, 0.3) is 0 Å². The van der Waals surface area contributed by atoms with E-state index in [1.165, 1.54) is 13.3 Å². The van der Waals surface area contributed by atoms with Gasteiger partial charge in [0.25, 0.3) is 5.91 Å². The quantitative estimate of drug-likeness (QED) is 0.114. The molecule has 1 atom stereocenters. The first-order valence-corrected chi connectivity index (χ1v) is 15.5. The summed E-state index contributed by atoms with van der Waals surface area (Å²) in [4.78, 5) is 37.2. The highest BCUT2D eigenvalue weighted by atomic mass is 79.9. The van der Waals surface area contributed by atoms with Gasteiger partial charge >= 0.3 is 12.0 Å². The number of carbonyl (C=O) groups excluding carboxylic acids is 3. The molecule has 11 nitrogen and oxygen atoms in total. The number of nitrogens with one attached hydrogen (secondary N) is 3. The highest BCUT2D eigenvalue weighted by Crippen LogP contribution is 2.36. The third-order valence-corrected chi connectivity index (χ3v) is 7.76. The van der Waals surface area contributed by atoms with Gasteiger partial charge in [0.05, 0.1) is 41.0 Å². The largest absolute Gasteiger partial charge is 0.493 e. The van der Waals surface area contributed by atoms with Crippen molar-refractivity contribution < 1.29 is 33.3 Å². The number of ether oxygens (including phenoxy) is 4. The molecule has 0 radical (unpaired) electrons. The number of benzene rings is 3. The van der Waals surface area contributed by atoms with Crippen molar-refractivity contribution in [2.24, 2.45) is 5.10 Å². The van der Waals surface area contributed by atoms with Crippen LogP contribution in [0.3, 0.4) is 0 Å². The van der Waals surface area contributed by atoms with Crippen LogP contribution in [0.1, 0.15) is 36.6 Å². The number of urea groups is 1. The number of hydrogen-bond donors (Lipinski definition) is 3. The summed E-state index contributed by atoms with van der Waals surface area (Å²) < 4.78 is 23.8. The van der Waals surface area contributed by atoms with E-state index in [0.717, 1.165) is 10.0 Å². The van der Waals surface area contributed by atoms with E-state index in [1.54, 1.807) is 44.2 Å². The lowest BCUT2D eigenvalue weighted by atomic mass is 9.95. The van der Waals surface area contributed by atoms with Crippen molar-refractivity contribution in [2.45, 2.75) is 26.5 Å². The Kier molecular flexibility index (Phi) is 11.9. The molecular weight excluding hydrogens is 736 g/mol. The number of hydrogen-bond acceptors (Lipinski definition) is 8. The van der Waals surface area contributed by atoms with Gasteiger partial charge in [-0.2, -0.15) is 5.10 Å². The Morgan fingerprint density at radius 2 is 1.82 bits per heavy atom. The van der Waals surface area contributed by atoms with E-state index < -0.39 is 23.9 Å². The van der Waals surface area contributed by atoms with E-state index >= 15 is 0 Å². The van der Waals surface area contributed by atoms with Gasteiger partial charge < -0.3 is 29.6 Å². The van der Waals surface area contributed by atoms with E-state index in [1.807, 2.05) is 24.3 Å². The Balaban J connectivity index is 1.35. The van der Waals surface area contributed by atoms with Crippen molar-refractivity contribution in [2.75, 3.05) is 20.3 Å². The second-order valence-electron chi connectivity index (χ2n) is 9.51. The van der Waals surface area contributed by atoms with Crippen LogP contribution in [0.5, 0.6) is 17.2 Å². The van der Waals surface area contributed by atoms with Crippen molar-refractivity contribution in [3.63, 3.8) is 0 Å². The zero-order valence-corrected chi connectivity index (χ0v) is 28.3. The first-order chi connectivity index (χ1) is 21.6. The minimum atomic E-state index is -0.779. The van der Waals surface area contributed by atoms with Gasteiger partial charge in [-0.3, -0.25) is 4.79 Å². The predicted molar refractivity (Wildman–Crippen MR) is 176 cm³/mol. The molecule has 0 aliphatic carbocycles. The van der Waals surface area contributed by atoms with Gasteiger partial charge in [0.1, 0.15) is 6.61 Å². The number of halogens is 3. The van der Waals surface area contributed by atoms with Crippen LogP contribution < -0.4 is 30.3 Å². The molecule has 0 spiro atoms. The summed E-state index contributed by atoms with van der Waals surface area (Å²) in [6.45, 7) is 3.47. The summed E-state index contributed by atoms with van der Waals surface area (Å²) in [6, 6.07) is 14.8. The third kappa shape index (κ3) is 8.99. The molecule has 3 aromatic rings. The molecule has 0 unspecified atom stereocenters. The van der Waals surface area contributed by atoms with Gasteiger partial charge in [0.2, 0.25) is 0 Å². The minimum absolute atomic E-state index is 0.179. The molecule has 45 heavy (non-hydrogen) atoms. The SMILES string of the molecule is CCOC(=O)C1=C(C)NC(=O)N[C@@H]1c1ccc(OCC(=O)N/N=C\c2cc(Cl)c(OCc3ccc(Br)cc3)c(Br)c2)c(OC)c1. The summed E-state index contributed by atoms with van der Waals surface area (Å²) in [7, 11) is 1.44. The van der Waals surface area contributed by atoms with E-state index in [0.29, 0.717) is 44.4 Å². The number of hydrazone groups is 1. The molecule has 1 aliphatic heterocycles. The fraction of sp³-hybridized carbons (Fsp3) is 0.226. The molecule has 0 aromatic heterocycles. The number of allylic oxidation sites excluding steroid dienone is 1. The number of nitrogens with zero attached hydrogens (tertiary/aromatic N) is 1. The summed E-state index contributed by atoms with van der Waals surface area (Å²) >= 11 is 13.3. The number of methoxy groups -OCH3 is 1. The van der Waals surface area contributed by atoms with Gasteiger partial charge in [0, 0.05) is 10.2 Å². The Morgan fingerprint density at radius 3 is 2.51 bits per heavy atom. The van der Waals surface area contributed by atoms with Crippen molar-refractivity contribution in [3.8, 4) is 17.2 Å². The molecule has 1 heterocycles. The molecular formula is C31H29Br2ClN4O7. The van der Waals surface area contributed by atoms with E-state index in [9.17, 15) is 14.4 Å². The maximum atomic E-state index is 12.6. The lowest BCUT2D eigenvalue weighted by molar-refractivity contribution is -0.139. The van der Waals surface area contributed by atoms with E-state index in [-0.39, 0.29) is 24.5 Å². The third-order valence-electron chi connectivity index (χ3n) is 6.36. The van der Waals surface area contributed by atoms with Crippen LogP contribution in [-0.4, -0.2) is 44.4 Å². The minimum Gasteiger partial charge on any atom is -0.493 e. The molecule has 0 fully saturated rings. The molecule has 0 saturated heterocycles. The van der Waals surface area contributed by atoms with E-state index in [2.05, 4.69) is 53.0 Å². The van der Waals surface area contributed by atoms with Crippen LogP contribution in [-0.2, 0) is 20.9 Å². The number of carbonyl (C=O) groups is 3. The second-order valence-corrected chi connectivity index (χ2v) is 11.7. The average Bonchev–Trinajstić information content (AvgIpc) is 3.00. The molecule has 14 heteroatoms. The summed E-state index contributed by atoms with van der Waals surface area (Å²) in [5.74, 6) is -0.0295. The number of rotatable bonds is 12. The van der Waals surface area contributed by atoms with Crippen LogP contribution in [0.2, 0.25) is 5.02 Å². The van der Waals surface area contributed by atoms with Crippen molar-refractivity contribution in [3.05, 3.63) is 96.5 Å². The summed E-state index contributed by atoms with van der Waals surface area (Å²) in [5, 5.41) is 9.68. The standard InChI is InChI=1S/C31H29Br2ClN4O7/c1-4-43-30(40)27-17(2)36-31(41)37-28(27)20-7-10-24(25(13-20)42-3)44-16-26(39)38-35-14-19-11-22(33)29(23(34)12-19)45-15-18-5-8-21(32)9-6-18/h5-14,28H,4,15-16H2,1-3H3,(H,38,39)(H2,36,37,41)/b35-14-/t28-/m1/s1. The topological polar surface area (TPSA) is 137 Å². The number of esters is 1. The van der Waals surface area contributed by atoms with Crippen LogP contribution in [0.4, 0.5) is 4.79 Å². The predicted octanol–water partition coefficient (Wildman–Crippen LogP) is 6.17. The number of amides is 3. The molecule has 0 saturated carbocycles. The molecule has 3 N–H and O–H groups in total. The molecule has 3 amide bonds. The van der Waals surface area contributed by atoms with Crippen molar-refractivity contribution >= 4 is 67.6 Å². The van der Waals surface area contributed by atoms with Gasteiger partial charge in [-0.1, -0.05) is 45.7 Å². The zero-order chi connectivity index (χ0) is 32.5. The smallest absolute Gasteiger partial charge is 0.338 e. The Morgan fingerprint density at radius 1 is 1.07 bits per heavy atom. The Hall–Kier alpha value is -4.07. The zero-order valence-electron chi connectivity index (χ0n) is 24.4. The highest BCUT2D eigenvalue weighted by Gasteiger charge is 2.32. The maximum absolute atomic E-state index is 12.6. The fourth-order valence-electron chi connectivity index (χ4n) is 4.29.